The molecule has 16 heteroatoms. The van der Waals surface area contributed by atoms with E-state index in [9.17, 15) is 52.7 Å². The third-order valence-corrected chi connectivity index (χ3v) is 10.1. The molecular formula is C44H20F12N2O2. The Kier molecular flexibility index (Phi) is 8.60. The van der Waals surface area contributed by atoms with Crippen LogP contribution in [0.2, 0.25) is 0 Å². The van der Waals surface area contributed by atoms with Crippen molar-refractivity contribution in [2.45, 2.75) is 24.7 Å². The summed E-state index contributed by atoms with van der Waals surface area (Å²) in [5.41, 5.74) is -3.54. The van der Waals surface area contributed by atoms with Crippen molar-refractivity contribution >= 4 is 44.1 Å². The highest BCUT2D eigenvalue weighted by Crippen LogP contribution is 2.45. The van der Waals surface area contributed by atoms with Gasteiger partial charge in [-0.2, -0.15) is 52.7 Å². The molecule has 9 aromatic rings. The average molecular weight is 837 g/mol. The molecule has 5 aromatic carbocycles. The zero-order valence-corrected chi connectivity index (χ0v) is 29.8. The van der Waals surface area contributed by atoms with Crippen LogP contribution in [0.3, 0.4) is 0 Å². The van der Waals surface area contributed by atoms with E-state index >= 15 is 0 Å². The molecular weight excluding hydrogens is 816 g/mol. The number of rotatable bonds is 4. The van der Waals surface area contributed by atoms with Gasteiger partial charge >= 0.3 is 24.7 Å². The zero-order valence-electron chi connectivity index (χ0n) is 29.8. The molecule has 0 atom stereocenters. The smallest absolute Gasteiger partial charge is 0.416 e. The lowest BCUT2D eigenvalue weighted by atomic mass is 9.97. The zero-order chi connectivity index (χ0) is 42.5. The number of hydrogen-bond donors (Lipinski definition) is 0. The van der Waals surface area contributed by atoms with E-state index in [4.69, 9.17) is 8.83 Å². The van der Waals surface area contributed by atoms with Crippen molar-refractivity contribution in [2.75, 3.05) is 0 Å². The van der Waals surface area contributed by atoms with Gasteiger partial charge in [0.2, 0.25) is 0 Å². The molecule has 0 aliphatic carbocycles. The maximum absolute atomic E-state index is 13.7. The Labute approximate surface area is 328 Å². The minimum atomic E-state index is -5.06. The van der Waals surface area contributed by atoms with Crippen LogP contribution in [0.15, 0.2) is 130 Å². The summed E-state index contributed by atoms with van der Waals surface area (Å²) in [5, 5.41) is 0.685. The first kappa shape index (κ1) is 38.7. The van der Waals surface area contributed by atoms with Crippen LogP contribution in [0.5, 0.6) is 0 Å². The predicted octanol–water partition coefficient (Wildman–Crippen LogP) is 15.0. The highest BCUT2D eigenvalue weighted by Gasteiger charge is 2.39. The summed E-state index contributed by atoms with van der Waals surface area (Å²) in [6.07, 6.45) is -17.3. The minimum Gasteiger partial charge on any atom is -0.453 e. The third kappa shape index (κ3) is 6.65. The molecule has 0 N–H and O–H groups in total. The van der Waals surface area contributed by atoms with Gasteiger partial charge < -0.3 is 8.83 Å². The first-order valence-electron chi connectivity index (χ1n) is 17.6. The Balaban J connectivity index is 1.13. The van der Waals surface area contributed by atoms with Gasteiger partial charge in [0, 0.05) is 45.4 Å². The van der Waals surface area contributed by atoms with Crippen molar-refractivity contribution in [1.82, 2.24) is 9.97 Å². The monoisotopic (exact) mass is 836 g/mol. The maximum Gasteiger partial charge on any atom is 0.416 e. The molecule has 0 bridgehead atoms. The predicted molar refractivity (Wildman–Crippen MR) is 198 cm³/mol. The molecule has 0 saturated heterocycles. The molecule has 0 saturated carbocycles. The van der Waals surface area contributed by atoms with Gasteiger partial charge in [0.1, 0.15) is 22.2 Å². The van der Waals surface area contributed by atoms with E-state index in [0.29, 0.717) is 68.3 Å². The van der Waals surface area contributed by atoms with Crippen LogP contribution in [0.1, 0.15) is 22.3 Å². The van der Waals surface area contributed by atoms with Crippen molar-refractivity contribution in [2.24, 2.45) is 0 Å². The summed E-state index contributed by atoms with van der Waals surface area (Å²) in [6.45, 7) is 0. The summed E-state index contributed by atoms with van der Waals surface area (Å²) in [6, 6.07) is 21.5. The van der Waals surface area contributed by atoms with Gasteiger partial charge in [-0.25, -0.2) is 0 Å². The van der Waals surface area contributed by atoms with Crippen molar-refractivity contribution in [1.29, 1.82) is 0 Å². The van der Waals surface area contributed by atoms with Gasteiger partial charge in [0.15, 0.2) is 11.2 Å². The number of aromatic nitrogens is 2. The van der Waals surface area contributed by atoms with E-state index in [0.717, 1.165) is 0 Å². The average Bonchev–Trinajstić information content (AvgIpc) is 3.78. The molecule has 0 unspecified atom stereocenters. The van der Waals surface area contributed by atoms with Crippen LogP contribution in [0, 0.1) is 0 Å². The van der Waals surface area contributed by atoms with E-state index in [1.165, 1.54) is 36.7 Å². The Morgan fingerprint density at radius 2 is 0.650 bits per heavy atom. The molecule has 4 heterocycles. The maximum atomic E-state index is 13.7. The number of hydrogen-bond acceptors (Lipinski definition) is 4. The molecule has 4 aromatic heterocycles. The van der Waals surface area contributed by atoms with Crippen molar-refractivity contribution in [3.05, 3.63) is 144 Å². The summed E-state index contributed by atoms with van der Waals surface area (Å²) in [4.78, 5) is 8.80. The molecule has 0 aliphatic heterocycles. The molecule has 0 amide bonds. The van der Waals surface area contributed by atoms with Gasteiger partial charge in [0.05, 0.1) is 22.3 Å². The van der Waals surface area contributed by atoms with Crippen molar-refractivity contribution < 1.29 is 61.5 Å². The second kappa shape index (κ2) is 13.3. The molecule has 9 rings (SSSR count). The van der Waals surface area contributed by atoms with Gasteiger partial charge in [-0.1, -0.05) is 48.5 Å². The molecule has 0 fully saturated rings. The summed E-state index contributed by atoms with van der Waals surface area (Å²) >= 11 is 0. The van der Waals surface area contributed by atoms with E-state index in [2.05, 4.69) is 9.97 Å². The minimum absolute atomic E-state index is 0.0136. The lowest BCUT2D eigenvalue weighted by Crippen LogP contribution is -2.11. The van der Waals surface area contributed by atoms with Crippen molar-refractivity contribution in [3.63, 3.8) is 0 Å². The Bertz CT molecular complexity index is 2880. The van der Waals surface area contributed by atoms with Crippen LogP contribution in [0.4, 0.5) is 52.7 Å². The number of para-hydroxylation sites is 2. The highest BCUT2D eigenvalue weighted by atomic mass is 19.4. The molecule has 0 spiro atoms. The first-order chi connectivity index (χ1) is 28.3. The lowest BCUT2D eigenvalue weighted by Gasteiger charge is -2.14. The fraction of sp³-hybridized carbons (Fsp3) is 0.0909. The molecule has 302 valence electrons. The molecule has 0 aliphatic rings. The molecule has 60 heavy (non-hydrogen) atoms. The van der Waals surface area contributed by atoms with Crippen LogP contribution in [-0.4, -0.2) is 9.97 Å². The number of furan rings is 2. The second-order valence-corrected chi connectivity index (χ2v) is 13.8. The Morgan fingerprint density at radius 3 is 0.967 bits per heavy atom. The van der Waals surface area contributed by atoms with E-state index in [1.54, 1.807) is 48.5 Å². The van der Waals surface area contributed by atoms with Crippen LogP contribution in [0.25, 0.3) is 88.6 Å². The van der Waals surface area contributed by atoms with E-state index < -0.39 is 47.0 Å². The van der Waals surface area contributed by atoms with Gasteiger partial charge in [-0.15, -0.1) is 0 Å². The van der Waals surface area contributed by atoms with Crippen LogP contribution >= 0.6 is 0 Å². The van der Waals surface area contributed by atoms with Crippen LogP contribution in [-0.2, 0) is 24.7 Å². The fourth-order valence-electron chi connectivity index (χ4n) is 7.32. The fourth-order valence-corrected chi connectivity index (χ4v) is 7.32. The lowest BCUT2D eigenvalue weighted by molar-refractivity contribution is -0.144. The van der Waals surface area contributed by atoms with Gasteiger partial charge in [-0.3, -0.25) is 9.97 Å². The van der Waals surface area contributed by atoms with Gasteiger partial charge in [0.25, 0.3) is 0 Å². The summed E-state index contributed by atoms with van der Waals surface area (Å²) < 4.78 is 177. The highest BCUT2D eigenvalue weighted by molar-refractivity contribution is 6.12. The number of benzene rings is 5. The number of halogens is 12. The Hall–Kier alpha value is -6.84. The number of pyridine rings is 2. The largest absolute Gasteiger partial charge is 0.453 e. The molecule has 0 radical (unpaired) electrons. The third-order valence-electron chi connectivity index (χ3n) is 10.1. The van der Waals surface area contributed by atoms with Gasteiger partial charge in [-0.05, 0) is 82.9 Å². The topological polar surface area (TPSA) is 52.1 Å². The van der Waals surface area contributed by atoms with Crippen LogP contribution < -0.4 is 0 Å². The normalized spacial score (nSPS) is 13.0. The SMILES string of the molecule is FC(F)(F)c1cc(-c2cccc3c2oc2c(-c4ccc(-c5ccnc6c5oc5c(-c7cc(C(F)(F)F)cc(C(F)(F)F)c7)cccc56)cc4)ccnc23)cc(C(F)(F)F)c1. The quantitative estimate of drug-likeness (QED) is 0.166. The summed E-state index contributed by atoms with van der Waals surface area (Å²) in [7, 11) is 0. The van der Waals surface area contributed by atoms with E-state index in [-0.39, 0.29) is 56.7 Å². The number of fused-ring (bicyclic) bond motifs is 6. The molecule has 4 nitrogen and oxygen atoms in total. The first-order valence-corrected chi connectivity index (χ1v) is 17.6. The standard InChI is InChI=1S/C44H20F12N2O2/c45-41(46,47)25-15-23(16-26(19-25)42(48,49)50)29-3-1-5-33-35-39(59-37(29)33)31(11-13-57-35)21-7-9-22(10-8-21)32-12-14-58-36-34-6-2-4-30(38(34)60-40(32)36)24-17-27(43(51,52)53)20-28(18-24)44(54,55)56/h1-20H. The van der Waals surface area contributed by atoms with Crippen molar-refractivity contribution in [3.8, 4) is 44.5 Å². The number of nitrogens with zero attached hydrogens (tertiary/aromatic N) is 2. The number of alkyl halides is 12. The summed E-state index contributed by atoms with van der Waals surface area (Å²) in [5.74, 6) is 0. The second-order valence-electron chi connectivity index (χ2n) is 13.8. The van der Waals surface area contributed by atoms with E-state index in [1.807, 2.05) is 0 Å². The Morgan fingerprint density at radius 1 is 0.333 bits per heavy atom.